The Bertz CT molecular complexity index is 511. The molecule has 1 saturated heterocycles. The van der Waals surface area contributed by atoms with E-state index in [2.05, 4.69) is 16.8 Å². The third kappa shape index (κ3) is 5.00. The van der Waals surface area contributed by atoms with Crippen molar-refractivity contribution >= 4 is 35.6 Å². The van der Waals surface area contributed by atoms with Crippen molar-refractivity contribution in [2.24, 2.45) is 16.6 Å². The smallest absolute Gasteiger partial charge is 0.191 e. The van der Waals surface area contributed by atoms with Crippen molar-refractivity contribution in [1.82, 2.24) is 4.90 Å². The third-order valence-corrected chi connectivity index (χ3v) is 4.03. The van der Waals surface area contributed by atoms with Crippen LogP contribution in [0.2, 0.25) is 0 Å². The van der Waals surface area contributed by atoms with Crippen LogP contribution in [0.3, 0.4) is 0 Å². The molecule has 6 heteroatoms. The normalized spacial score (nSPS) is 16.4. The minimum Gasteiger partial charge on any atom is -0.375 e. The molecular formula is C16H26FIN4. The average molecular weight is 420 g/mol. The summed E-state index contributed by atoms with van der Waals surface area (Å²) in [6.07, 6.45) is 2.31. The van der Waals surface area contributed by atoms with E-state index < -0.39 is 0 Å². The van der Waals surface area contributed by atoms with E-state index in [0.29, 0.717) is 18.2 Å². The number of guanidine groups is 1. The number of rotatable bonds is 3. The van der Waals surface area contributed by atoms with Gasteiger partial charge in [-0.1, -0.05) is 13.0 Å². The molecule has 1 heterocycles. The average Bonchev–Trinajstić information content (AvgIpc) is 2.45. The molecule has 1 aromatic carbocycles. The Kier molecular flexibility index (Phi) is 7.38. The second-order valence-electron chi connectivity index (χ2n) is 6.02. The highest BCUT2D eigenvalue weighted by Crippen LogP contribution is 2.19. The summed E-state index contributed by atoms with van der Waals surface area (Å²) < 4.78 is 13.9. The third-order valence-electron chi connectivity index (χ3n) is 4.03. The molecule has 0 atom stereocenters. The van der Waals surface area contributed by atoms with Crippen LogP contribution >= 0.6 is 24.0 Å². The van der Waals surface area contributed by atoms with Gasteiger partial charge < -0.3 is 15.5 Å². The van der Waals surface area contributed by atoms with Crippen molar-refractivity contribution in [2.75, 3.05) is 32.1 Å². The SMILES string of the molecule is CC1CCN(C(N)=NCc2ccc(N(C)C)c(F)c2)CC1.I. The molecule has 1 aliphatic rings. The molecular weight excluding hydrogens is 394 g/mol. The van der Waals surface area contributed by atoms with Gasteiger partial charge in [-0.2, -0.15) is 0 Å². The van der Waals surface area contributed by atoms with Crippen LogP contribution in [0.15, 0.2) is 23.2 Å². The van der Waals surface area contributed by atoms with E-state index in [0.717, 1.165) is 37.4 Å². The first-order chi connectivity index (χ1) is 9.97. The van der Waals surface area contributed by atoms with E-state index >= 15 is 0 Å². The molecule has 0 radical (unpaired) electrons. The summed E-state index contributed by atoms with van der Waals surface area (Å²) in [5, 5.41) is 0. The van der Waals surface area contributed by atoms with Gasteiger partial charge in [-0.3, -0.25) is 0 Å². The van der Waals surface area contributed by atoms with Gasteiger partial charge in [0.15, 0.2) is 5.96 Å². The first-order valence-electron chi connectivity index (χ1n) is 7.48. The summed E-state index contributed by atoms with van der Waals surface area (Å²) in [5.74, 6) is 1.11. The second kappa shape index (κ2) is 8.55. The lowest BCUT2D eigenvalue weighted by atomic mass is 10.00. The predicted molar refractivity (Wildman–Crippen MR) is 101 cm³/mol. The summed E-state index contributed by atoms with van der Waals surface area (Å²) in [4.78, 5) is 8.27. The van der Waals surface area contributed by atoms with Crippen LogP contribution in [0, 0.1) is 11.7 Å². The van der Waals surface area contributed by atoms with E-state index in [1.165, 1.54) is 6.07 Å². The molecule has 22 heavy (non-hydrogen) atoms. The number of piperidine rings is 1. The lowest BCUT2D eigenvalue weighted by molar-refractivity contribution is 0.277. The largest absolute Gasteiger partial charge is 0.375 e. The van der Waals surface area contributed by atoms with Crippen molar-refractivity contribution in [3.05, 3.63) is 29.6 Å². The van der Waals surface area contributed by atoms with Gasteiger partial charge in [-0.05, 0) is 36.5 Å². The lowest BCUT2D eigenvalue weighted by Gasteiger charge is -2.31. The number of nitrogens with two attached hydrogens (primary N) is 1. The van der Waals surface area contributed by atoms with Crippen LogP contribution in [0.4, 0.5) is 10.1 Å². The van der Waals surface area contributed by atoms with Crippen LogP contribution < -0.4 is 10.6 Å². The second-order valence-corrected chi connectivity index (χ2v) is 6.02. The molecule has 0 unspecified atom stereocenters. The Morgan fingerprint density at radius 2 is 2.00 bits per heavy atom. The molecule has 2 N–H and O–H groups in total. The Morgan fingerprint density at radius 1 is 1.36 bits per heavy atom. The standard InChI is InChI=1S/C16H25FN4.HI/c1-12-6-8-21(9-7-12)16(18)19-11-13-4-5-15(20(2)3)14(17)10-13;/h4-5,10,12H,6-9,11H2,1-3H3,(H2,18,19);1H. The fraction of sp³-hybridized carbons (Fsp3) is 0.562. The van der Waals surface area contributed by atoms with Crippen LogP contribution in [0.1, 0.15) is 25.3 Å². The summed E-state index contributed by atoms with van der Waals surface area (Å²) in [6, 6.07) is 5.21. The molecule has 4 nitrogen and oxygen atoms in total. The maximum atomic E-state index is 13.9. The first-order valence-corrected chi connectivity index (χ1v) is 7.48. The number of hydrogen-bond acceptors (Lipinski definition) is 2. The molecule has 1 aromatic rings. The van der Waals surface area contributed by atoms with Crippen molar-refractivity contribution in [3.8, 4) is 0 Å². The summed E-state index contributed by atoms with van der Waals surface area (Å²) >= 11 is 0. The topological polar surface area (TPSA) is 44.9 Å². The van der Waals surface area contributed by atoms with Crippen molar-refractivity contribution in [3.63, 3.8) is 0 Å². The molecule has 0 amide bonds. The summed E-state index contributed by atoms with van der Waals surface area (Å²) in [6.45, 7) is 4.61. The number of halogens is 2. The number of aliphatic imine (C=N–C) groups is 1. The Hall–Kier alpha value is -1.05. The Balaban J connectivity index is 0.00000242. The van der Waals surface area contributed by atoms with Crippen molar-refractivity contribution in [2.45, 2.75) is 26.3 Å². The lowest BCUT2D eigenvalue weighted by Crippen LogP contribution is -2.42. The molecule has 2 rings (SSSR count). The Morgan fingerprint density at radius 3 is 2.55 bits per heavy atom. The van der Waals surface area contributed by atoms with Gasteiger partial charge in [-0.15, -0.1) is 24.0 Å². The van der Waals surface area contributed by atoms with Gasteiger partial charge in [0.1, 0.15) is 5.82 Å². The van der Waals surface area contributed by atoms with E-state index in [-0.39, 0.29) is 29.8 Å². The predicted octanol–water partition coefficient (Wildman–Crippen LogP) is 3.06. The molecule has 124 valence electrons. The number of hydrogen-bond donors (Lipinski definition) is 1. The fourth-order valence-electron chi connectivity index (χ4n) is 2.52. The van der Waals surface area contributed by atoms with Crippen molar-refractivity contribution in [1.29, 1.82) is 0 Å². The summed E-state index contributed by atoms with van der Waals surface area (Å²) in [5.41, 5.74) is 7.46. The van der Waals surface area contributed by atoms with E-state index in [9.17, 15) is 4.39 Å². The zero-order valence-corrected chi connectivity index (χ0v) is 15.9. The molecule has 0 aliphatic carbocycles. The zero-order chi connectivity index (χ0) is 15.4. The Labute approximate surface area is 149 Å². The number of benzene rings is 1. The molecule has 1 aliphatic heterocycles. The van der Waals surface area contributed by atoms with Gasteiger partial charge in [0.2, 0.25) is 0 Å². The van der Waals surface area contributed by atoms with Gasteiger partial charge in [0.05, 0.1) is 12.2 Å². The van der Waals surface area contributed by atoms with Gasteiger partial charge >= 0.3 is 0 Å². The molecule has 0 aromatic heterocycles. The van der Waals surface area contributed by atoms with Gasteiger partial charge in [-0.25, -0.2) is 9.38 Å². The van der Waals surface area contributed by atoms with Crippen LogP contribution in [0.5, 0.6) is 0 Å². The highest BCUT2D eigenvalue weighted by atomic mass is 127. The number of likely N-dealkylation sites (tertiary alicyclic amines) is 1. The molecule has 0 bridgehead atoms. The quantitative estimate of drug-likeness (QED) is 0.465. The monoisotopic (exact) mass is 420 g/mol. The minimum absolute atomic E-state index is 0. The highest BCUT2D eigenvalue weighted by molar-refractivity contribution is 14.0. The van der Waals surface area contributed by atoms with Gasteiger partial charge in [0.25, 0.3) is 0 Å². The first kappa shape index (κ1) is 19.0. The van der Waals surface area contributed by atoms with E-state index in [4.69, 9.17) is 5.73 Å². The van der Waals surface area contributed by atoms with Gasteiger partial charge in [0, 0.05) is 27.2 Å². The molecule has 1 fully saturated rings. The van der Waals surface area contributed by atoms with E-state index in [1.54, 1.807) is 11.0 Å². The van der Waals surface area contributed by atoms with Crippen molar-refractivity contribution < 1.29 is 4.39 Å². The molecule has 0 spiro atoms. The number of nitrogens with zero attached hydrogens (tertiary/aromatic N) is 3. The molecule has 0 saturated carbocycles. The van der Waals surface area contributed by atoms with Crippen LogP contribution in [-0.2, 0) is 6.54 Å². The van der Waals surface area contributed by atoms with Crippen LogP contribution in [0.25, 0.3) is 0 Å². The minimum atomic E-state index is -0.224. The highest BCUT2D eigenvalue weighted by Gasteiger charge is 2.16. The fourth-order valence-corrected chi connectivity index (χ4v) is 2.52. The van der Waals surface area contributed by atoms with E-state index in [1.807, 2.05) is 20.2 Å². The zero-order valence-electron chi connectivity index (χ0n) is 13.6. The maximum absolute atomic E-state index is 13.9. The number of anilines is 1. The summed E-state index contributed by atoms with van der Waals surface area (Å²) in [7, 11) is 3.65. The van der Waals surface area contributed by atoms with Crippen LogP contribution in [-0.4, -0.2) is 38.0 Å². The maximum Gasteiger partial charge on any atom is 0.191 e.